The summed E-state index contributed by atoms with van der Waals surface area (Å²) in [5, 5.41) is 6.56. The lowest BCUT2D eigenvalue weighted by Crippen LogP contribution is -2.32. The number of carbonyl (C=O) groups is 1. The van der Waals surface area contributed by atoms with Gasteiger partial charge < -0.3 is 5.32 Å². The maximum atomic E-state index is 12.6. The summed E-state index contributed by atoms with van der Waals surface area (Å²) in [6.45, 7) is 6.41. The standard InChI is InChI=1S/C31H34ClN3OS/c1-3-23(2)33-31(36)29-22-37-30(34-29)21-35(20-24-14-16-27(32)17-15-24)19-18-28(25-10-6-4-7-11-25)26-12-8-5-9-13-26/h4-17,22-23,28H,3,18-21H2,1-2H3,(H,33,36). The minimum absolute atomic E-state index is 0.102. The molecule has 1 unspecified atom stereocenters. The van der Waals surface area contributed by atoms with Crippen LogP contribution in [-0.4, -0.2) is 28.4 Å². The zero-order chi connectivity index (χ0) is 26.0. The van der Waals surface area contributed by atoms with E-state index >= 15 is 0 Å². The molecule has 0 fully saturated rings. The predicted octanol–water partition coefficient (Wildman–Crippen LogP) is 7.55. The van der Waals surface area contributed by atoms with Crippen LogP contribution in [0.25, 0.3) is 0 Å². The highest BCUT2D eigenvalue weighted by Gasteiger charge is 2.19. The largest absolute Gasteiger partial charge is 0.348 e. The van der Waals surface area contributed by atoms with Crippen molar-refractivity contribution in [1.29, 1.82) is 0 Å². The summed E-state index contributed by atoms with van der Waals surface area (Å²) in [6, 6.07) is 29.6. The van der Waals surface area contributed by atoms with Gasteiger partial charge in [-0.15, -0.1) is 11.3 Å². The fourth-order valence-electron chi connectivity index (χ4n) is 4.35. The first-order valence-corrected chi connectivity index (χ1v) is 14.1. The van der Waals surface area contributed by atoms with E-state index in [0.29, 0.717) is 18.2 Å². The van der Waals surface area contributed by atoms with Crippen molar-refractivity contribution < 1.29 is 4.79 Å². The van der Waals surface area contributed by atoms with E-state index in [2.05, 4.69) is 94.9 Å². The molecule has 0 spiro atoms. The van der Waals surface area contributed by atoms with Crippen LogP contribution >= 0.6 is 22.9 Å². The molecule has 4 aromatic rings. The van der Waals surface area contributed by atoms with Gasteiger partial charge in [-0.05, 0) is 55.1 Å². The first-order chi connectivity index (χ1) is 18.0. The SMILES string of the molecule is CCC(C)NC(=O)c1csc(CN(CCC(c2ccccc2)c2ccccc2)Cc2ccc(Cl)cc2)n1. The Hall–Kier alpha value is -2.99. The van der Waals surface area contributed by atoms with Crippen molar-refractivity contribution in [3.63, 3.8) is 0 Å². The van der Waals surface area contributed by atoms with Gasteiger partial charge in [-0.3, -0.25) is 9.69 Å². The highest BCUT2D eigenvalue weighted by molar-refractivity contribution is 7.09. The summed E-state index contributed by atoms with van der Waals surface area (Å²) in [5.74, 6) is 0.192. The fourth-order valence-corrected chi connectivity index (χ4v) is 5.29. The molecule has 37 heavy (non-hydrogen) atoms. The summed E-state index contributed by atoms with van der Waals surface area (Å²) < 4.78 is 0. The third-order valence-electron chi connectivity index (χ3n) is 6.59. The summed E-state index contributed by atoms with van der Waals surface area (Å²) >= 11 is 7.68. The first kappa shape index (κ1) is 27.1. The second-order valence-electron chi connectivity index (χ2n) is 9.41. The Morgan fingerprint density at radius 3 is 2.16 bits per heavy atom. The van der Waals surface area contributed by atoms with Crippen molar-refractivity contribution in [2.45, 2.75) is 51.7 Å². The molecule has 1 amide bonds. The average molecular weight is 532 g/mol. The van der Waals surface area contributed by atoms with Crippen molar-refractivity contribution in [2.75, 3.05) is 6.54 Å². The topological polar surface area (TPSA) is 45.2 Å². The van der Waals surface area contributed by atoms with Crippen LogP contribution in [0.3, 0.4) is 0 Å². The van der Waals surface area contributed by atoms with Gasteiger partial charge in [-0.1, -0.05) is 91.3 Å². The van der Waals surface area contributed by atoms with Crippen molar-refractivity contribution >= 4 is 28.8 Å². The Kier molecular flexibility index (Phi) is 9.89. The molecule has 1 N–H and O–H groups in total. The molecule has 0 bridgehead atoms. The van der Waals surface area contributed by atoms with Crippen LogP contribution in [0.5, 0.6) is 0 Å². The van der Waals surface area contributed by atoms with Crippen LogP contribution in [-0.2, 0) is 13.1 Å². The van der Waals surface area contributed by atoms with Crippen molar-refractivity contribution in [3.05, 3.63) is 123 Å². The average Bonchev–Trinajstić information content (AvgIpc) is 3.40. The maximum absolute atomic E-state index is 12.6. The van der Waals surface area contributed by atoms with Gasteiger partial charge in [0.2, 0.25) is 0 Å². The van der Waals surface area contributed by atoms with Gasteiger partial charge in [0.25, 0.3) is 5.91 Å². The molecular weight excluding hydrogens is 498 g/mol. The molecule has 0 aliphatic heterocycles. The normalized spacial score (nSPS) is 12.1. The number of hydrogen-bond acceptors (Lipinski definition) is 4. The summed E-state index contributed by atoms with van der Waals surface area (Å²) in [6.07, 6.45) is 1.86. The van der Waals surface area contributed by atoms with Crippen molar-refractivity contribution in [3.8, 4) is 0 Å². The summed E-state index contributed by atoms with van der Waals surface area (Å²) in [7, 11) is 0. The van der Waals surface area contributed by atoms with Crippen LogP contribution in [0.1, 0.15) is 64.8 Å². The third-order valence-corrected chi connectivity index (χ3v) is 7.68. The van der Waals surface area contributed by atoms with Gasteiger partial charge in [0.15, 0.2) is 0 Å². The Morgan fingerprint density at radius 1 is 0.946 bits per heavy atom. The molecule has 0 radical (unpaired) electrons. The second-order valence-corrected chi connectivity index (χ2v) is 10.8. The smallest absolute Gasteiger partial charge is 0.270 e. The minimum Gasteiger partial charge on any atom is -0.348 e. The summed E-state index contributed by atoms with van der Waals surface area (Å²) in [4.78, 5) is 19.7. The van der Waals surface area contributed by atoms with Gasteiger partial charge in [-0.2, -0.15) is 0 Å². The molecule has 192 valence electrons. The van der Waals surface area contributed by atoms with E-state index in [9.17, 15) is 4.79 Å². The molecule has 6 heteroatoms. The van der Waals surface area contributed by atoms with E-state index < -0.39 is 0 Å². The van der Waals surface area contributed by atoms with E-state index in [-0.39, 0.29) is 11.9 Å². The van der Waals surface area contributed by atoms with Crippen LogP contribution in [0, 0.1) is 0 Å². The number of benzene rings is 3. The highest BCUT2D eigenvalue weighted by atomic mass is 35.5. The molecule has 0 aliphatic carbocycles. The first-order valence-electron chi connectivity index (χ1n) is 12.8. The van der Waals surface area contributed by atoms with Crippen LogP contribution in [0.15, 0.2) is 90.3 Å². The van der Waals surface area contributed by atoms with E-state index in [4.69, 9.17) is 11.6 Å². The van der Waals surface area contributed by atoms with Gasteiger partial charge in [0.05, 0.1) is 6.54 Å². The minimum atomic E-state index is -0.102. The Balaban J connectivity index is 1.52. The molecule has 1 atom stereocenters. The van der Waals surface area contributed by atoms with E-state index in [1.807, 2.05) is 24.4 Å². The van der Waals surface area contributed by atoms with Crippen LogP contribution in [0.4, 0.5) is 0 Å². The number of nitrogens with zero attached hydrogens (tertiary/aromatic N) is 2. The molecule has 1 heterocycles. The van der Waals surface area contributed by atoms with Crippen molar-refractivity contribution in [1.82, 2.24) is 15.2 Å². The predicted molar refractivity (Wildman–Crippen MR) is 154 cm³/mol. The van der Waals surface area contributed by atoms with Gasteiger partial charge in [-0.25, -0.2) is 4.98 Å². The molecule has 3 aromatic carbocycles. The van der Waals surface area contributed by atoms with Crippen LogP contribution in [0.2, 0.25) is 5.02 Å². The number of amides is 1. The van der Waals surface area contributed by atoms with E-state index in [1.165, 1.54) is 16.7 Å². The molecular formula is C31H34ClN3OS. The quantitative estimate of drug-likeness (QED) is 0.205. The van der Waals surface area contributed by atoms with Crippen molar-refractivity contribution in [2.24, 2.45) is 0 Å². The number of halogens is 1. The highest BCUT2D eigenvalue weighted by Crippen LogP contribution is 2.29. The number of nitrogens with one attached hydrogen (secondary N) is 1. The maximum Gasteiger partial charge on any atom is 0.270 e. The zero-order valence-electron chi connectivity index (χ0n) is 21.4. The number of carbonyl (C=O) groups excluding carboxylic acids is 1. The monoisotopic (exact) mass is 531 g/mol. The summed E-state index contributed by atoms with van der Waals surface area (Å²) in [5.41, 5.74) is 4.33. The number of hydrogen-bond donors (Lipinski definition) is 1. The number of thiazole rings is 1. The molecule has 0 saturated carbocycles. The molecule has 0 aliphatic rings. The lowest BCUT2D eigenvalue weighted by atomic mass is 9.88. The Labute approximate surface area is 229 Å². The van der Waals surface area contributed by atoms with Gasteiger partial charge >= 0.3 is 0 Å². The lowest BCUT2D eigenvalue weighted by Gasteiger charge is -2.25. The van der Waals surface area contributed by atoms with E-state index in [0.717, 1.165) is 36.0 Å². The Morgan fingerprint density at radius 2 is 1.57 bits per heavy atom. The lowest BCUT2D eigenvalue weighted by molar-refractivity contribution is 0.0934. The third kappa shape index (κ3) is 8.00. The molecule has 4 nitrogen and oxygen atoms in total. The number of rotatable bonds is 12. The fraction of sp³-hybridized carbons (Fsp3) is 0.290. The molecule has 0 saturated heterocycles. The Bertz CT molecular complexity index is 1200. The number of aromatic nitrogens is 1. The second kappa shape index (κ2) is 13.5. The van der Waals surface area contributed by atoms with Gasteiger partial charge in [0, 0.05) is 28.9 Å². The van der Waals surface area contributed by atoms with Crippen LogP contribution < -0.4 is 5.32 Å². The van der Waals surface area contributed by atoms with Gasteiger partial charge in [0.1, 0.15) is 10.7 Å². The zero-order valence-corrected chi connectivity index (χ0v) is 23.0. The van der Waals surface area contributed by atoms with E-state index in [1.54, 1.807) is 11.3 Å². The molecule has 1 aromatic heterocycles. The molecule has 4 rings (SSSR count).